The molecule has 24 heavy (non-hydrogen) atoms. The molecule has 1 saturated carbocycles. The Hall–Kier alpha value is -2.30. The van der Waals surface area contributed by atoms with E-state index in [1.807, 2.05) is 6.07 Å². The lowest BCUT2D eigenvalue weighted by Crippen LogP contribution is -2.44. The Morgan fingerprint density at radius 2 is 2.08 bits per heavy atom. The predicted octanol–water partition coefficient (Wildman–Crippen LogP) is 2.02. The molecule has 2 N–H and O–H groups in total. The lowest BCUT2D eigenvalue weighted by molar-refractivity contribution is -0.119. The zero-order valence-corrected chi connectivity index (χ0v) is 14.3. The number of nitrogens with zero attached hydrogens (tertiary/aromatic N) is 2. The van der Waals surface area contributed by atoms with Crippen molar-refractivity contribution in [2.45, 2.75) is 32.2 Å². The van der Waals surface area contributed by atoms with Crippen molar-refractivity contribution < 1.29 is 4.79 Å². The lowest BCUT2D eigenvalue weighted by Gasteiger charge is -2.29. The first-order valence-electron chi connectivity index (χ1n) is 8.83. The van der Waals surface area contributed by atoms with Gasteiger partial charge in [-0.05, 0) is 37.3 Å². The average Bonchev–Trinajstić information content (AvgIpc) is 3.43. The molecule has 0 unspecified atom stereocenters. The molecule has 1 aliphatic carbocycles. The van der Waals surface area contributed by atoms with Crippen molar-refractivity contribution in [2.75, 3.05) is 26.2 Å². The van der Waals surface area contributed by atoms with Gasteiger partial charge in [-0.1, -0.05) is 36.4 Å². The summed E-state index contributed by atoms with van der Waals surface area (Å²) in [5, 5.41) is 6.28. The van der Waals surface area contributed by atoms with Crippen LogP contribution in [0.4, 0.5) is 0 Å². The van der Waals surface area contributed by atoms with Gasteiger partial charge in [-0.15, -0.1) is 0 Å². The fourth-order valence-corrected chi connectivity index (χ4v) is 2.85. The molecule has 1 amide bonds. The second kappa shape index (κ2) is 7.99. The van der Waals surface area contributed by atoms with Crippen LogP contribution in [0.5, 0.6) is 0 Å². The topological polar surface area (TPSA) is 56.7 Å². The van der Waals surface area contributed by atoms with Crippen molar-refractivity contribution >= 4 is 17.4 Å². The summed E-state index contributed by atoms with van der Waals surface area (Å²) < 4.78 is 0. The molecular formula is C19H26N4O. The molecule has 1 aromatic rings. The van der Waals surface area contributed by atoms with Crippen LogP contribution in [0.1, 0.15) is 31.7 Å². The smallest absolute Gasteiger partial charge is 0.242 e. The minimum atomic E-state index is 0.0189. The summed E-state index contributed by atoms with van der Waals surface area (Å²) in [5.74, 6) is 0.845. The minimum absolute atomic E-state index is 0.0189. The molecule has 3 rings (SSSR count). The average molecular weight is 326 g/mol. The summed E-state index contributed by atoms with van der Waals surface area (Å²) in [4.78, 5) is 18.6. The molecule has 5 heteroatoms. The number of carbonyl (C=O) groups is 1. The molecule has 2 aliphatic rings. The van der Waals surface area contributed by atoms with Crippen LogP contribution in [-0.4, -0.2) is 49.0 Å². The monoisotopic (exact) mass is 326 g/mol. The molecule has 0 bridgehead atoms. The molecule has 0 atom stereocenters. The number of hydrogen-bond acceptors (Lipinski definition) is 2. The molecule has 1 heterocycles. The zero-order chi connectivity index (χ0) is 16.8. The second-order valence-electron chi connectivity index (χ2n) is 6.30. The molecule has 0 radical (unpaired) electrons. The number of benzene rings is 1. The Morgan fingerprint density at radius 3 is 2.71 bits per heavy atom. The van der Waals surface area contributed by atoms with Gasteiger partial charge in [-0.2, -0.15) is 0 Å². The van der Waals surface area contributed by atoms with E-state index in [-0.39, 0.29) is 12.5 Å². The highest BCUT2D eigenvalue weighted by Gasteiger charge is 2.23. The summed E-state index contributed by atoms with van der Waals surface area (Å²) in [6, 6.07) is 10.9. The molecule has 0 saturated heterocycles. The van der Waals surface area contributed by atoms with E-state index in [2.05, 4.69) is 57.8 Å². The quantitative estimate of drug-likeness (QED) is 0.643. The van der Waals surface area contributed by atoms with Gasteiger partial charge in [0.05, 0.1) is 0 Å². The first-order chi connectivity index (χ1) is 11.8. The number of amides is 1. The van der Waals surface area contributed by atoms with Crippen LogP contribution in [-0.2, 0) is 4.79 Å². The SMILES string of the molecule is CCNC(=NCC(=O)NC1CC1)N1CC=C(c2ccccc2)CC1. The maximum absolute atomic E-state index is 11.8. The van der Waals surface area contributed by atoms with E-state index in [1.54, 1.807) is 0 Å². The molecule has 0 spiro atoms. The summed E-state index contributed by atoms with van der Waals surface area (Å²) in [5.41, 5.74) is 2.68. The fraction of sp³-hybridized carbons (Fsp3) is 0.474. The van der Waals surface area contributed by atoms with Crippen molar-refractivity contribution in [3.63, 3.8) is 0 Å². The van der Waals surface area contributed by atoms with Gasteiger partial charge >= 0.3 is 0 Å². The van der Waals surface area contributed by atoms with Crippen LogP contribution in [0.2, 0.25) is 0 Å². The van der Waals surface area contributed by atoms with Gasteiger partial charge in [0.15, 0.2) is 5.96 Å². The van der Waals surface area contributed by atoms with Crippen molar-refractivity contribution in [3.05, 3.63) is 42.0 Å². The maximum atomic E-state index is 11.8. The van der Waals surface area contributed by atoms with E-state index in [1.165, 1.54) is 11.1 Å². The third-order valence-corrected chi connectivity index (χ3v) is 4.30. The van der Waals surface area contributed by atoms with Crippen molar-refractivity contribution in [2.24, 2.45) is 4.99 Å². The van der Waals surface area contributed by atoms with Gasteiger partial charge in [0.1, 0.15) is 6.54 Å². The number of rotatable bonds is 5. The standard InChI is InChI=1S/C19H26N4O/c1-2-20-19(21-14-18(24)22-17-8-9-17)23-12-10-16(11-13-23)15-6-4-3-5-7-15/h3-7,10,17H,2,8-9,11-14H2,1H3,(H,20,21)(H,22,24). The van der Waals surface area contributed by atoms with Crippen LogP contribution in [0, 0.1) is 0 Å². The van der Waals surface area contributed by atoms with Crippen LogP contribution in [0.15, 0.2) is 41.4 Å². The largest absolute Gasteiger partial charge is 0.356 e. The van der Waals surface area contributed by atoms with Gasteiger partial charge in [-0.25, -0.2) is 4.99 Å². The third kappa shape index (κ3) is 4.60. The van der Waals surface area contributed by atoms with Crippen LogP contribution >= 0.6 is 0 Å². The number of carbonyl (C=O) groups excluding carboxylic acids is 1. The van der Waals surface area contributed by atoms with Gasteiger partial charge in [0.2, 0.25) is 5.91 Å². The highest BCUT2D eigenvalue weighted by Crippen LogP contribution is 2.22. The van der Waals surface area contributed by atoms with Crippen LogP contribution in [0.3, 0.4) is 0 Å². The summed E-state index contributed by atoms with van der Waals surface area (Å²) in [6.45, 7) is 4.78. The van der Waals surface area contributed by atoms with Crippen LogP contribution < -0.4 is 10.6 Å². The Morgan fingerprint density at radius 1 is 1.29 bits per heavy atom. The van der Waals surface area contributed by atoms with E-state index in [0.717, 1.165) is 44.9 Å². The van der Waals surface area contributed by atoms with E-state index in [9.17, 15) is 4.79 Å². The summed E-state index contributed by atoms with van der Waals surface area (Å²) >= 11 is 0. The number of guanidine groups is 1. The number of nitrogens with one attached hydrogen (secondary N) is 2. The Kier molecular flexibility index (Phi) is 5.51. The first-order valence-corrected chi connectivity index (χ1v) is 8.83. The normalized spacial score (nSPS) is 18.1. The molecule has 5 nitrogen and oxygen atoms in total. The van der Waals surface area contributed by atoms with Gasteiger partial charge in [0, 0.05) is 25.7 Å². The van der Waals surface area contributed by atoms with E-state index < -0.39 is 0 Å². The van der Waals surface area contributed by atoms with Crippen molar-refractivity contribution in [1.29, 1.82) is 0 Å². The molecular weight excluding hydrogens is 300 g/mol. The Bertz CT molecular complexity index is 620. The predicted molar refractivity (Wildman–Crippen MR) is 97.8 cm³/mol. The number of aliphatic imine (C=N–C) groups is 1. The molecule has 0 aromatic heterocycles. The second-order valence-corrected chi connectivity index (χ2v) is 6.30. The van der Waals surface area contributed by atoms with Crippen molar-refractivity contribution in [1.82, 2.24) is 15.5 Å². The Balaban J connectivity index is 1.60. The van der Waals surface area contributed by atoms with Gasteiger partial charge in [-0.3, -0.25) is 4.79 Å². The lowest BCUT2D eigenvalue weighted by atomic mass is 10.00. The minimum Gasteiger partial charge on any atom is -0.356 e. The third-order valence-electron chi connectivity index (χ3n) is 4.30. The highest BCUT2D eigenvalue weighted by molar-refractivity contribution is 5.86. The van der Waals surface area contributed by atoms with Gasteiger partial charge in [0.25, 0.3) is 0 Å². The maximum Gasteiger partial charge on any atom is 0.242 e. The molecule has 1 aliphatic heterocycles. The number of hydrogen-bond donors (Lipinski definition) is 2. The highest BCUT2D eigenvalue weighted by atomic mass is 16.2. The van der Waals surface area contributed by atoms with E-state index in [4.69, 9.17) is 0 Å². The zero-order valence-electron chi connectivity index (χ0n) is 14.3. The van der Waals surface area contributed by atoms with Crippen LogP contribution in [0.25, 0.3) is 5.57 Å². The summed E-state index contributed by atoms with van der Waals surface area (Å²) in [6.07, 6.45) is 5.46. The fourth-order valence-electron chi connectivity index (χ4n) is 2.85. The summed E-state index contributed by atoms with van der Waals surface area (Å²) in [7, 11) is 0. The first kappa shape index (κ1) is 16.6. The molecule has 1 fully saturated rings. The van der Waals surface area contributed by atoms with E-state index in [0.29, 0.717) is 6.04 Å². The molecule has 128 valence electrons. The van der Waals surface area contributed by atoms with Gasteiger partial charge < -0.3 is 15.5 Å². The van der Waals surface area contributed by atoms with E-state index >= 15 is 0 Å². The Labute approximate surface area is 143 Å². The molecule has 1 aromatic carbocycles. The van der Waals surface area contributed by atoms with Crippen molar-refractivity contribution in [3.8, 4) is 0 Å².